The Morgan fingerprint density at radius 2 is 1.65 bits per heavy atom. The molecule has 1 fully saturated rings. The zero-order chi connectivity index (χ0) is 27.6. The van der Waals surface area contributed by atoms with E-state index in [1.54, 1.807) is 21.3 Å². The number of hydrogen-bond donors (Lipinski definition) is 1. The highest BCUT2D eigenvalue weighted by Crippen LogP contribution is 2.36. The first-order chi connectivity index (χ1) is 19.6. The van der Waals surface area contributed by atoms with Crippen molar-refractivity contribution < 1.29 is 23.7 Å². The molecule has 0 aromatic heterocycles. The number of fused-ring (bicyclic) bond motifs is 1. The van der Waals surface area contributed by atoms with Gasteiger partial charge in [-0.05, 0) is 58.3 Å². The van der Waals surface area contributed by atoms with Crippen LogP contribution in [0.25, 0.3) is 16.8 Å². The highest BCUT2D eigenvalue weighted by molar-refractivity contribution is 8.18. The van der Waals surface area contributed by atoms with Crippen molar-refractivity contribution >= 4 is 45.4 Å². The summed E-state index contributed by atoms with van der Waals surface area (Å²) in [6.45, 7) is 0. The predicted molar refractivity (Wildman–Crippen MR) is 160 cm³/mol. The van der Waals surface area contributed by atoms with E-state index >= 15 is 0 Å². The molecule has 40 heavy (non-hydrogen) atoms. The standard InChI is InChI=1S/C32H27N3O4S/c1-37-25-13-11-22(12-14-25)27-19-26(24-10-9-21-6-4-5-7-23(21)18-24)34-35(27)31-30(40-32(36)33-31)17-20-8-15-28(38-2)29(16-20)39-3/h4-18,27H,19H2,1-3H3/p+1/b30-17-/t27-/m0/s1. The van der Waals surface area contributed by atoms with Crippen LogP contribution in [0.3, 0.4) is 0 Å². The van der Waals surface area contributed by atoms with Gasteiger partial charge in [0.2, 0.25) is 0 Å². The molecular weight excluding hydrogens is 522 g/mol. The summed E-state index contributed by atoms with van der Waals surface area (Å²) in [5.41, 5.74) is 3.97. The number of nitrogens with one attached hydrogen (secondary N) is 1. The Labute approximate surface area is 236 Å². The molecule has 0 radical (unpaired) electrons. The second kappa shape index (κ2) is 10.9. The number of thioether (sulfide) groups is 1. The summed E-state index contributed by atoms with van der Waals surface area (Å²) in [7, 11) is 4.87. The van der Waals surface area contributed by atoms with Gasteiger partial charge in [-0.15, -0.1) is 4.68 Å². The molecule has 2 aliphatic heterocycles. The largest absolute Gasteiger partial charge is 0.497 e. The van der Waals surface area contributed by atoms with E-state index < -0.39 is 0 Å². The molecule has 0 aliphatic carbocycles. The number of rotatable bonds is 6. The summed E-state index contributed by atoms with van der Waals surface area (Å²) in [6.07, 6.45) is 2.65. The average molecular weight is 551 g/mol. The van der Waals surface area contributed by atoms with Crippen LogP contribution < -0.4 is 19.5 Å². The molecule has 1 N–H and O–H groups in total. The summed E-state index contributed by atoms with van der Waals surface area (Å²) >= 11 is 1.15. The highest BCUT2D eigenvalue weighted by Gasteiger charge is 2.40. The number of carbonyl (C=O) groups is 1. The van der Waals surface area contributed by atoms with E-state index in [1.807, 2.05) is 53.2 Å². The van der Waals surface area contributed by atoms with E-state index in [-0.39, 0.29) is 11.3 Å². The summed E-state index contributed by atoms with van der Waals surface area (Å²) in [6, 6.07) is 28.3. The fraction of sp³-hybridized carbons (Fsp3) is 0.156. The van der Waals surface area contributed by atoms with E-state index in [0.717, 1.165) is 50.2 Å². The molecule has 1 saturated heterocycles. The van der Waals surface area contributed by atoms with E-state index in [1.165, 1.54) is 5.39 Å². The zero-order valence-electron chi connectivity index (χ0n) is 22.4. The van der Waals surface area contributed by atoms with E-state index in [9.17, 15) is 4.79 Å². The number of hydrazone groups is 1. The van der Waals surface area contributed by atoms with Crippen molar-refractivity contribution in [2.45, 2.75) is 12.5 Å². The Morgan fingerprint density at radius 3 is 2.40 bits per heavy atom. The number of methoxy groups -OCH3 is 3. The maximum atomic E-state index is 12.7. The van der Waals surface area contributed by atoms with Crippen LogP contribution in [0.2, 0.25) is 0 Å². The van der Waals surface area contributed by atoms with Crippen LogP contribution in [0.5, 0.6) is 17.2 Å². The molecule has 2 aliphatic rings. The average Bonchev–Trinajstić information content (AvgIpc) is 3.60. The number of ether oxygens (including phenoxy) is 3. The molecule has 4 aromatic carbocycles. The van der Waals surface area contributed by atoms with Crippen LogP contribution in [0, 0.1) is 0 Å². The van der Waals surface area contributed by atoms with E-state index in [2.05, 4.69) is 47.8 Å². The zero-order valence-corrected chi connectivity index (χ0v) is 23.2. The molecule has 0 bridgehead atoms. The smallest absolute Gasteiger partial charge is 0.372 e. The fourth-order valence-electron chi connectivity index (χ4n) is 5.04. The van der Waals surface area contributed by atoms with Crippen molar-refractivity contribution in [2.75, 3.05) is 21.3 Å². The normalized spacial score (nSPS) is 19.6. The quantitative estimate of drug-likeness (QED) is 0.273. The Kier molecular flexibility index (Phi) is 7.00. The van der Waals surface area contributed by atoms with Crippen LogP contribution in [0.4, 0.5) is 4.79 Å². The summed E-state index contributed by atoms with van der Waals surface area (Å²) in [4.78, 5) is 13.5. The van der Waals surface area contributed by atoms with Crippen LogP contribution in [0.15, 0.2) is 94.9 Å². The lowest BCUT2D eigenvalue weighted by Gasteiger charge is -2.12. The number of benzene rings is 4. The first-order valence-corrected chi connectivity index (χ1v) is 13.7. The minimum Gasteiger partial charge on any atom is -0.497 e. The third-order valence-corrected chi connectivity index (χ3v) is 7.90. The second-order valence-corrected chi connectivity index (χ2v) is 10.4. The minimum absolute atomic E-state index is 0.116. The van der Waals surface area contributed by atoms with Gasteiger partial charge in [0.1, 0.15) is 10.7 Å². The van der Waals surface area contributed by atoms with Crippen LogP contribution in [0.1, 0.15) is 29.2 Å². The molecule has 0 saturated carbocycles. The SMILES string of the molecule is COc1ccc([C@@H]2CC(c3ccc4ccccc4c3)=N/[N+]2=C2\NC(=O)S\C2=C/c2ccc(OC)c(OC)c2)cc1. The Balaban J connectivity index is 1.47. The van der Waals surface area contributed by atoms with Gasteiger partial charge in [0.15, 0.2) is 17.5 Å². The van der Waals surface area contributed by atoms with Crippen LogP contribution in [-0.4, -0.2) is 42.8 Å². The lowest BCUT2D eigenvalue weighted by molar-refractivity contribution is -0.568. The second-order valence-electron chi connectivity index (χ2n) is 9.43. The molecule has 1 amide bonds. The number of amidine groups is 1. The molecule has 4 aromatic rings. The number of nitrogens with zero attached hydrogens (tertiary/aromatic N) is 2. The molecule has 2 heterocycles. The summed E-state index contributed by atoms with van der Waals surface area (Å²) in [5, 5.41) is 10.3. The van der Waals surface area contributed by atoms with Crippen LogP contribution in [-0.2, 0) is 0 Å². The van der Waals surface area contributed by atoms with Gasteiger partial charge in [-0.1, -0.05) is 59.7 Å². The van der Waals surface area contributed by atoms with Gasteiger partial charge in [0.25, 0.3) is 0 Å². The van der Waals surface area contributed by atoms with Crippen molar-refractivity contribution in [3.8, 4) is 17.2 Å². The first kappa shape index (κ1) is 25.7. The lowest BCUT2D eigenvalue weighted by atomic mass is 9.97. The summed E-state index contributed by atoms with van der Waals surface area (Å²) < 4.78 is 18.2. The maximum absolute atomic E-state index is 12.7. The van der Waals surface area contributed by atoms with Crippen molar-refractivity contribution in [1.82, 2.24) is 5.32 Å². The van der Waals surface area contributed by atoms with Gasteiger partial charge < -0.3 is 14.2 Å². The molecule has 0 spiro atoms. The topological polar surface area (TPSA) is 72.2 Å². The molecule has 7 nitrogen and oxygen atoms in total. The van der Waals surface area contributed by atoms with Gasteiger partial charge in [0, 0.05) is 23.7 Å². The van der Waals surface area contributed by atoms with Crippen molar-refractivity contribution in [3.05, 3.63) is 107 Å². The monoisotopic (exact) mass is 550 g/mol. The van der Waals surface area contributed by atoms with Gasteiger partial charge in [-0.2, -0.15) is 5.32 Å². The number of amides is 1. The predicted octanol–water partition coefficient (Wildman–Crippen LogP) is 6.62. The van der Waals surface area contributed by atoms with Gasteiger partial charge in [0.05, 0.1) is 27.0 Å². The van der Waals surface area contributed by atoms with E-state index in [0.29, 0.717) is 23.8 Å². The van der Waals surface area contributed by atoms with E-state index in [4.69, 9.17) is 19.3 Å². The Bertz CT molecular complexity index is 1710. The molecular formula is C32H28N3O4S+. The Hall–Kier alpha value is -4.56. The maximum Gasteiger partial charge on any atom is 0.372 e. The first-order valence-electron chi connectivity index (χ1n) is 12.9. The fourth-order valence-corrected chi connectivity index (χ4v) is 5.82. The third-order valence-electron chi connectivity index (χ3n) is 7.08. The summed E-state index contributed by atoms with van der Waals surface area (Å²) in [5.74, 6) is 2.71. The minimum atomic E-state index is -0.149. The van der Waals surface area contributed by atoms with Crippen molar-refractivity contribution in [1.29, 1.82) is 0 Å². The molecule has 200 valence electrons. The van der Waals surface area contributed by atoms with Crippen molar-refractivity contribution in [3.63, 3.8) is 0 Å². The number of hydrogen-bond acceptors (Lipinski definition) is 6. The molecule has 8 heteroatoms. The highest BCUT2D eigenvalue weighted by atomic mass is 32.2. The Morgan fingerprint density at radius 1 is 0.875 bits per heavy atom. The van der Waals surface area contributed by atoms with Crippen molar-refractivity contribution in [2.24, 2.45) is 5.10 Å². The molecule has 6 rings (SSSR count). The van der Waals surface area contributed by atoms with Crippen LogP contribution >= 0.6 is 11.8 Å². The lowest BCUT2D eigenvalue weighted by Crippen LogP contribution is -2.29. The van der Waals surface area contributed by atoms with Gasteiger partial charge in [-0.3, -0.25) is 0 Å². The molecule has 0 unspecified atom stereocenters. The number of carbonyl (C=O) groups excluding carboxylic acids is 1. The van der Waals surface area contributed by atoms with Gasteiger partial charge >= 0.3 is 11.1 Å². The van der Waals surface area contributed by atoms with Gasteiger partial charge in [-0.25, -0.2) is 4.79 Å². The molecule has 1 atom stereocenters. The third kappa shape index (κ3) is 4.94.